The first-order valence-electron chi connectivity index (χ1n) is 6.52. The Bertz CT molecular complexity index is 493. The molecule has 1 aliphatic rings. The SMILES string of the molecule is CC(=CB1OC(C)(C)C(C)(C)O1)c1ccccc1Cl. The van der Waals surface area contributed by atoms with Crippen LogP contribution in [0.4, 0.5) is 0 Å². The third-order valence-corrected chi connectivity index (χ3v) is 4.29. The topological polar surface area (TPSA) is 18.5 Å². The van der Waals surface area contributed by atoms with E-state index in [1.807, 2.05) is 64.9 Å². The van der Waals surface area contributed by atoms with Gasteiger partial charge in [0.2, 0.25) is 0 Å². The lowest BCUT2D eigenvalue weighted by molar-refractivity contribution is 0.00578. The average molecular weight is 279 g/mol. The van der Waals surface area contributed by atoms with Gasteiger partial charge in [-0.2, -0.15) is 0 Å². The fourth-order valence-corrected chi connectivity index (χ4v) is 2.32. The van der Waals surface area contributed by atoms with Gasteiger partial charge in [-0.15, -0.1) is 0 Å². The highest BCUT2D eigenvalue weighted by Crippen LogP contribution is 2.37. The average Bonchev–Trinajstić information content (AvgIpc) is 2.47. The minimum Gasteiger partial charge on any atom is -0.400 e. The number of hydrogen-bond donors (Lipinski definition) is 0. The van der Waals surface area contributed by atoms with E-state index in [1.54, 1.807) is 0 Å². The van der Waals surface area contributed by atoms with Crippen LogP contribution < -0.4 is 0 Å². The number of allylic oxidation sites excluding steroid dienone is 1. The molecule has 1 aliphatic heterocycles. The molecule has 0 aliphatic carbocycles. The molecule has 0 amide bonds. The third-order valence-electron chi connectivity index (χ3n) is 3.96. The van der Waals surface area contributed by atoms with Crippen LogP contribution in [0.3, 0.4) is 0 Å². The molecular weight excluding hydrogens is 258 g/mol. The lowest BCUT2D eigenvalue weighted by Gasteiger charge is -2.32. The molecule has 0 aromatic heterocycles. The summed E-state index contributed by atoms with van der Waals surface area (Å²) in [5, 5.41) is 0.743. The second-order valence-corrected chi connectivity index (χ2v) is 6.36. The smallest absolute Gasteiger partial charge is 0.400 e. The van der Waals surface area contributed by atoms with Gasteiger partial charge >= 0.3 is 7.12 Å². The quantitative estimate of drug-likeness (QED) is 0.748. The van der Waals surface area contributed by atoms with Gasteiger partial charge in [-0.25, -0.2) is 0 Å². The van der Waals surface area contributed by atoms with Gasteiger partial charge in [0.05, 0.1) is 11.2 Å². The lowest BCUT2D eigenvalue weighted by atomic mass is 9.85. The highest BCUT2D eigenvalue weighted by atomic mass is 35.5. The fourth-order valence-electron chi connectivity index (χ4n) is 2.03. The van der Waals surface area contributed by atoms with Crippen molar-refractivity contribution < 1.29 is 9.31 Å². The Balaban J connectivity index is 2.22. The van der Waals surface area contributed by atoms with Gasteiger partial charge in [-0.05, 0) is 51.8 Å². The Morgan fingerprint density at radius 1 is 1.11 bits per heavy atom. The minimum absolute atomic E-state index is 0.311. The summed E-state index contributed by atoms with van der Waals surface area (Å²) >= 11 is 6.19. The maximum Gasteiger partial charge on any atom is 0.487 e. The Morgan fingerprint density at radius 2 is 1.63 bits per heavy atom. The Hall–Kier alpha value is -0.765. The van der Waals surface area contributed by atoms with Crippen LogP contribution in [0.25, 0.3) is 5.57 Å². The molecule has 0 atom stereocenters. The Kier molecular flexibility index (Phi) is 3.83. The van der Waals surface area contributed by atoms with E-state index >= 15 is 0 Å². The summed E-state index contributed by atoms with van der Waals surface area (Å²) in [4.78, 5) is 0. The second-order valence-electron chi connectivity index (χ2n) is 5.95. The summed E-state index contributed by atoms with van der Waals surface area (Å²) in [5.41, 5.74) is 1.45. The zero-order chi connectivity index (χ0) is 14.3. The van der Waals surface area contributed by atoms with E-state index in [0.29, 0.717) is 0 Å². The summed E-state index contributed by atoms with van der Waals surface area (Å²) in [7, 11) is -0.332. The van der Waals surface area contributed by atoms with Crippen LogP contribution in [-0.2, 0) is 9.31 Å². The standard InChI is InChI=1S/C15H20BClO2/c1-11(12-8-6-7-9-13(12)17)10-16-18-14(2,3)15(4,5)19-16/h6-10H,1-5H3. The number of hydrogen-bond acceptors (Lipinski definition) is 2. The van der Waals surface area contributed by atoms with Crippen LogP contribution in [0.2, 0.25) is 5.02 Å². The summed E-state index contributed by atoms with van der Waals surface area (Å²) in [6, 6.07) is 7.79. The lowest BCUT2D eigenvalue weighted by Crippen LogP contribution is -2.41. The van der Waals surface area contributed by atoms with Crippen molar-refractivity contribution >= 4 is 24.3 Å². The molecule has 1 fully saturated rings. The Morgan fingerprint density at radius 3 is 2.16 bits per heavy atom. The molecule has 2 nitrogen and oxygen atoms in total. The molecule has 0 N–H and O–H groups in total. The van der Waals surface area contributed by atoms with Gasteiger partial charge in [0.15, 0.2) is 0 Å². The van der Waals surface area contributed by atoms with Crippen molar-refractivity contribution in [2.45, 2.75) is 45.8 Å². The molecule has 4 heteroatoms. The molecule has 1 saturated heterocycles. The van der Waals surface area contributed by atoms with Crippen molar-refractivity contribution in [2.75, 3.05) is 0 Å². The number of rotatable bonds is 2. The normalized spacial score (nSPS) is 21.8. The third kappa shape index (κ3) is 2.89. The van der Waals surface area contributed by atoms with Crippen LogP contribution in [0, 0.1) is 0 Å². The second kappa shape index (κ2) is 4.97. The molecular formula is C15H20BClO2. The van der Waals surface area contributed by atoms with Crippen molar-refractivity contribution in [1.29, 1.82) is 0 Å². The summed E-state index contributed by atoms with van der Waals surface area (Å²) in [6.45, 7) is 10.2. The van der Waals surface area contributed by atoms with Gasteiger partial charge < -0.3 is 9.31 Å². The first-order valence-corrected chi connectivity index (χ1v) is 6.90. The van der Waals surface area contributed by atoms with Crippen LogP contribution in [0.5, 0.6) is 0 Å². The molecule has 0 radical (unpaired) electrons. The molecule has 19 heavy (non-hydrogen) atoms. The maximum absolute atomic E-state index is 6.19. The Labute approximate surface area is 120 Å². The molecule has 102 valence electrons. The van der Waals surface area contributed by atoms with E-state index in [0.717, 1.165) is 16.2 Å². The van der Waals surface area contributed by atoms with Crippen molar-refractivity contribution in [1.82, 2.24) is 0 Å². The predicted molar refractivity (Wildman–Crippen MR) is 81.2 cm³/mol. The molecule has 2 rings (SSSR count). The van der Waals surface area contributed by atoms with Crippen LogP contribution in [0.1, 0.15) is 40.2 Å². The monoisotopic (exact) mass is 278 g/mol. The number of halogens is 1. The van der Waals surface area contributed by atoms with Crippen molar-refractivity contribution in [3.63, 3.8) is 0 Å². The number of benzene rings is 1. The first kappa shape index (κ1) is 14.6. The van der Waals surface area contributed by atoms with E-state index < -0.39 is 0 Å². The predicted octanol–water partition coefficient (Wildman–Crippen LogP) is 4.37. The molecule has 0 unspecified atom stereocenters. The molecule has 0 bridgehead atoms. The molecule has 1 aromatic carbocycles. The zero-order valence-corrected chi connectivity index (χ0v) is 12.9. The van der Waals surface area contributed by atoms with Gasteiger partial charge in [0.1, 0.15) is 0 Å². The largest absolute Gasteiger partial charge is 0.487 e. The van der Waals surface area contributed by atoms with Crippen LogP contribution >= 0.6 is 11.6 Å². The van der Waals surface area contributed by atoms with Crippen LogP contribution in [0.15, 0.2) is 30.2 Å². The first-order chi connectivity index (χ1) is 8.73. The van der Waals surface area contributed by atoms with Crippen molar-refractivity contribution in [3.05, 3.63) is 40.8 Å². The van der Waals surface area contributed by atoms with Gasteiger partial charge in [-0.1, -0.05) is 35.8 Å². The fraction of sp³-hybridized carbons (Fsp3) is 0.467. The summed E-state index contributed by atoms with van der Waals surface area (Å²) in [5.74, 6) is 1.98. The summed E-state index contributed by atoms with van der Waals surface area (Å²) in [6.07, 6.45) is 0. The minimum atomic E-state index is -0.332. The highest BCUT2D eigenvalue weighted by Gasteiger charge is 2.50. The van der Waals surface area contributed by atoms with Gasteiger partial charge in [0.25, 0.3) is 0 Å². The molecule has 0 spiro atoms. The van der Waals surface area contributed by atoms with E-state index in [-0.39, 0.29) is 18.3 Å². The molecule has 1 aromatic rings. The van der Waals surface area contributed by atoms with E-state index in [9.17, 15) is 0 Å². The van der Waals surface area contributed by atoms with E-state index in [2.05, 4.69) is 0 Å². The maximum atomic E-state index is 6.19. The zero-order valence-electron chi connectivity index (χ0n) is 12.2. The van der Waals surface area contributed by atoms with Crippen molar-refractivity contribution in [3.8, 4) is 0 Å². The molecule has 0 saturated carbocycles. The van der Waals surface area contributed by atoms with Gasteiger partial charge in [-0.3, -0.25) is 0 Å². The van der Waals surface area contributed by atoms with E-state index in [1.165, 1.54) is 0 Å². The summed E-state index contributed by atoms with van der Waals surface area (Å²) < 4.78 is 11.9. The van der Waals surface area contributed by atoms with E-state index in [4.69, 9.17) is 20.9 Å². The van der Waals surface area contributed by atoms with Crippen LogP contribution in [-0.4, -0.2) is 18.3 Å². The van der Waals surface area contributed by atoms with Gasteiger partial charge in [0, 0.05) is 5.02 Å². The van der Waals surface area contributed by atoms with Crippen molar-refractivity contribution in [2.24, 2.45) is 0 Å². The molecule has 1 heterocycles. The highest BCUT2D eigenvalue weighted by molar-refractivity contribution is 6.53.